The highest BCUT2D eigenvalue weighted by molar-refractivity contribution is 7.07. The number of carbonyl (C=O) groups is 1. The van der Waals surface area contributed by atoms with Crippen LogP contribution >= 0.6 is 22.9 Å². The molecule has 0 bridgehead atoms. The molecule has 0 saturated carbocycles. The number of nitrogens with zero attached hydrogens (tertiary/aromatic N) is 3. The number of benzene rings is 1. The van der Waals surface area contributed by atoms with Gasteiger partial charge in [-0.1, -0.05) is 23.7 Å². The minimum Gasteiger partial charge on any atom is -0.344 e. The molecule has 1 N–H and O–H groups in total. The molecule has 0 spiro atoms. The molecule has 1 aliphatic rings. The van der Waals surface area contributed by atoms with E-state index in [1.165, 1.54) is 17.0 Å². The van der Waals surface area contributed by atoms with Crippen LogP contribution in [-0.4, -0.2) is 20.7 Å². The normalized spacial score (nSPS) is 16.4. The fourth-order valence-electron chi connectivity index (χ4n) is 3.22. The molecule has 0 unspecified atom stereocenters. The Morgan fingerprint density at radius 2 is 2.20 bits per heavy atom. The van der Waals surface area contributed by atoms with Crippen molar-refractivity contribution in [2.45, 2.75) is 31.8 Å². The van der Waals surface area contributed by atoms with Crippen molar-refractivity contribution in [3.63, 3.8) is 0 Å². The second-order valence-electron chi connectivity index (χ2n) is 6.12. The van der Waals surface area contributed by atoms with E-state index in [1.807, 2.05) is 35.1 Å². The zero-order chi connectivity index (χ0) is 17.2. The van der Waals surface area contributed by atoms with Crippen molar-refractivity contribution in [2.75, 3.05) is 0 Å². The number of aromatic nitrogens is 3. The van der Waals surface area contributed by atoms with Gasteiger partial charge in [0, 0.05) is 21.7 Å². The number of thiazole rings is 1. The van der Waals surface area contributed by atoms with Crippen LogP contribution in [0.3, 0.4) is 0 Å². The predicted molar refractivity (Wildman–Crippen MR) is 98.0 cm³/mol. The third kappa shape index (κ3) is 3.45. The van der Waals surface area contributed by atoms with Gasteiger partial charge in [0.1, 0.15) is 5.69 Å². The molecule has 25 heavy (non-hydrogen) atoms. The molecule has 4 rings (SSSR count). The summed E-state index contributed by atoms with van der Waals surface area (Å²) in [6.45, 7) is 0.708. The molecule has 2 heterocycles. The Morgan fingerprint density at radius 3 is 2.96 bits per heavy atom. The third-order valence-electron chi connectivity index (χ3n) is 4.48. The van der Waals surface area contributed by atoms with Crippen LogP contribution in [-0.2, 0) is 13.0 Å². The number of nitrogens with one attached hydrogen (secondary N) is 1. The molecule has 3 aromatic rings. The van der Waals surface area contributed by atoms with E-state index >= 15 is 0 Å². The number of hydrogen-bond acceptors (Lipinski definition) is 4. The van der Waals surface area contributed by atoms with E-state index in [4.69, 9.17) is 11.6 Å². The molecule has 2 aromatic heterocycles. The van der Waals surface area contributed by atoms with E-state index in [2.05, 4.69) is 15.4 Å². The summed E-state index contributed by atoms with van der Waals surface area (Å²) in [5.41, 5.74) is 5.62. The summed E-state index contributed by atoms with van der Waals surface area (Å²) in [6, 6.07) is 7.81. The molecule has 0 fully saturated rings. The van der Waals surface area contributed by atoms with Gasteiger partial charge in [0.25, 0.3) is 5.91 Å². The highest BCUT2D eigenvalue weighted by Gasteiger charge is 2.26. The molecule has 128 valence electrons. The van der Waals surface area contributed by atoms with Crippen LogP contribution in [0.25, 0.3) is 0 Å². The molecule has 1 aliphatic carbocycles. The first-order chi connectivity index (χ1) is 12.2. The first-order valence-electron chi connectivity index (χ1n) is 8.19. The van der Waals surface area contributed by atoms with E-state index < -0.39 is 0 Å². The largest absolute Gasteiger partial charge is 0.344 e. The van der Waals surface area contributed by atoms with Crippen LogP contribution in [0.5, 0.6) is 0 Å². The lowest BCUT2D eigenvalue weighted by Crippen LogP contribution is -2.31. The fourth-order valence-corrected chi connectivity index (χ4v) is 3.88. The zero-order valence-electron chi connectivity index (χ0n) is 13.5. The molecule has 0 aliphatic heterocycles. The quantitative estimate of drug-likeness (QED) is 0.756. The minimum atomic E-state index is -0.121. The molecule has 1 amide bonds. The summed E-state index contributed by atoms with van der Waals surface area (Å²) in [4.78, 5) is 16.4. The fraction of sp³-hybridized carbons (Fsp3) is 0.278. The van der Waals surface area contributed by atoms with Gasteiger partial charge in [0.15, 0.2) is 0 Å². The van der Waals surface area contributed by atoms with E-state index in [1.54, 1.807) is 10.9 Å². The summed E-state index contributed by atoms with van der Waals surface area (Å²) in [5.74, 6) is -0.121. The van der Waals surface area contributed by atoms with E-state index in [0.29, 0.717) is 12.2 Å². The lowest BCUT2D eigenvalue weighted by atomic mass is 9.93. The standard InChI is InChI=1S/C18H17ClN4OS/c19-13-6-4-12(5-7-13)9-23-17-3-1-2-15(14(17)8-21-23)22-18(24)16-10-25-11-20-16/h4-8,10-11,15H,1-3,9H2,(H,22,24)/t15-/m1/s1. The lowest BCUT2D eigenvalue weighted by molar-refractivity contribution is 0.0928. The Balaban J connectivity index is 1.53. The Hall–Kier alpha value is -2.18. The van der Waals surface area contributed by atoms with Crippen molar-refractivity contribution in [1.29, 1.82) is 0 Å². The van der Waals surface area contributed by atoms with Gasteiger partial charge in [-0.15, -0.1) is 11.3 Å². The maximum Gasteiger partial charge on any atom is 0.271 e. The first kappa shape index (κ1) is 16.3. The van der Waals surface area contributed by atoms with Gasteiger partial charge in [-0.2, -0.15) is 5.10 Å². The van der Waals surface area contributed by atoms with Crippen LogP contribution in [0.4, 0.5) is 0 Å². The van der Waals surface area contributed by atoms with Gasteiger partial charge in [-0.05, 0) is 37.0 Å². The number of halogens is 1. The molecule has 1 atom stereocenters. The van der Waals surface area contributed by atoms with Crippen LogP contribution in [0.2, 0.25) is 5.02 Å². The van der Waals surface area contributed by atoms with Crippen molar-refractivity contribution in [1.82, 2.24) is 20.1 Å². The van der Waals surface area contributed by atoms with E-state index in [-0.39, 0.29) is 11.9 Å². The van der Waals surface area contributed by atoms with E-state index in [0.717, 1.165) is 35.4 Å². The van der Waals surface area contributed by atoms with Crippen molar-refractivity contribution in [3.8, 4) is 0 Å². The highest BCUT2D eigenvalue weighted by atomic mass is 35.5. The highest BCUT2D eigenvalue weighted by Crippen LogP contribution is 2.30. The van der Waals surface area contributed by atoms with Crippen molar-refractivity contribution >= 4 is 28.8 Å². The van der Waals surface area contributed by atoms with Gasteiger partial charge < -0.3 is 5.32 Å². The lowest BCUT2D eigenvalue weighted by Gasteiger charge is -2.24. The van der Waals surface area contributed by atoms with Gasteiger partial charge in [0.05, 0.1) is 24.3 Å². The number of rotatable bonds is 4. The number of amides is 1. The minimum absolute atomic E-state index is 0.00285. The Kier molecular flexibility index (Phi) is 4.55. The summed E-state index contributed by atoms with van der Waals surface area (Å²) in [6.07, 6.45) is 4.82. The predicted octanol–water partition coefficient (Wildman–Crippen LogP) is 3.85. The van der Waals surface area contributed by atoms with Crippen LogP contribution < -0.4 is 5.32 Å². The summed E-state index contributed by atoms with van der Waals surface area (Å²) in [7, 11) is 0. The molecule has 0 saturated heterocycles. The summed E-state index contributed by atoms with van der Waals surface area (Å²) >= 11 is 7.38. The topological polar surface area (TPSA) is 59.8 Å². The van der Waals surface area contributed by atoms with Gasteiger partial charge >= 0.3 is 0 Å². The van der Waals surface area contributed by atoms with Crippen molar-refractivity contribution in [3.05, 3.63) is 68.9 Å². The number of fused-ring (bicyclic) bond motifs is 1. The third-order valence-corrected chi connectivity index (χ3v) is 5.32. The van der Waals surface area contributed by atoms with Crippen LogP contribution in [0, 0.1) is 0 Å². The van der Waals surface area contributed by atoms with Gasteiger partial charge in [0.2, 0.25) is 0 Å². The molecular weight excluding hydrogens is 356 g/mol. The molecular formula is C18H17ClN4OS. The monoisotopic (exact) mass is 372 g/mol. The molecule has 0 radical (unpaired) electrons. The molecule has 7 heteroatoms. The van der Waals surface area contributed by atoms with E-state index in [9.17, 15) is 4.79 Å². The SMILES string of the molecule is O=C(N[C@@H]1CCCc2c1cnn2Cc1ccc(Cl)cc1)c1cscn1. The van der Waals surface area contributed by atoms with Crippen LogP contribution in [0.15, 0.2) is 41.4 Å². The Morgan fingerprint density at radius 1 is 1.36 bits per heavy atom. The smallest absolute Gasteiger partial charge is 0.271 e. The average Bonchev–Trinajstić information content (AvgIpc) is 3.28. The Bertz CT molecular complexity index is 873. The zero-order valence-corrected chi connectivity index (χ0v) is 15.1. The van der Waals surface area contributed by atoms with Crippen LogP contribution in [0.1, 0.15) is 46.2 Å². The van der Waals surface area contributed by atoms with Crippen molar-refractivity contribution < 1.29 is 4.79 Å². The maximum atomic E-state index is 12.3. The second-order valence-corrected chi connectivity index (χ2v) is 7.28. The first-order valence-corrected chi connectivity index (χ1v) is 9.51. The molecule has 1 aromatic carbocycles. The summed E-state index contributed by atoms with van der Waals surface area (Å²) in [5, 5.41) is 10.2. The molecule has 5 nitrogen and oxygen atoms in total. The van der Waals surface area contributed by atoms with Gasteiger partial charge in [-0.25, -0.2) is 4.98 Å². The number of carbonyl (C=O) groups excluding carboxylic acids is 1. The van der Waals surface area contributed by atoms with Crippen molar-refractivity contribution in [2.24, 2.45) is 0 Å². The Labute approximate surface area is 154 Å². The second kappa shape index (κ2) is 6.98. The summed E-state index contributed by atoms with van der Waals surface area (Å²) < 4.78 is 2.03. The average molecular weight is 373 g/mol. The number of hydrogen-bond donors (Lipinski definition) is 1. The maximum absolute atomic E-state index is 12.3. The van der Waals surface area contributed by atoms with Gasteiger partial charge in [-0.3, -0.25) is 9.48 Å².